The van der Waals surface area contributed by atoms with Crippen LogP contribution in [0.15, 0.2) is 24.3 Å². The lowest BCUT2D eigenvalue weighted by molar-refractivity contribution is -0.175. The van der Waals surface area contributed by atoms with Crippen LogP contribution in [-0.2, 0) is 20.7 Å². The number of phenols is 1. The van der Waals surface area contributed by atoms with E-state index in [-0.39, 0.29) is 12.2 Å². The molecule has 0 aliphatic heterocycles. The largest absolute Gasteiger partial charge is 0.508 e. The van der Waals surface area contributed by atoms with Gasteiger partial charge < -0.3 is 15.2 Å². The van der Waals surface area contributed by atoms with Crippen molar-refractivity contribution in [2.45, 2.75) is 18.6 Å². The highest BCUT2D eigenvalue weighted by Gasteiger charge is 2.41. The predicted octanol–water partition coefficient (Wildman–Crippen LogP) is 1.15. The Hall–Kier alpha value is -2.25. The molecule has 0 radical (unpaired) electrons. The maximum absolute atomic E-state index is 12.2. The Morgan fingerprint density at radius 1 is 1.30 bits per heavy atom. The number of alkyl halides is 3. The van der Waals surface area contributed by atoms with E-state index in [9.17, 15) is 22.8 Å². The highest BCUT2D eigenvalue weighted by Crippen LogP contribution is 2.16. The third-order valence-corrected chi connectivity index (χ3v) is 2.42. The van der Waals surface area contributed by atoms with Gasteiger partial charge in [0.25, 0.3) is 0 Å². The van der Waals surface area contributed by atoms with Crippen molar-refractivity contribution in [3.8, 4) is 5.75 Å². The average molecular weight is 291 g/mol. The lowest BCUT2D eigenvalue weighted by Crippen LogP contribution is -2.48. The predicted molar refractivity (Wildman–Crippen MR) is 61.8 cm³/mol. The SMILES string of the molecule is COC(=O)C(Cc1ccc(O)cc1)NC(=O)C(F)(F)F. The number of hydrogen-bond donors (Lipinski definition) is 2. The molecule has 1 aromatic rings. The molecule has 0 aromatic heterocycles. The molecule has 8 heteroatoms. The van der Waals surface area contributed by atoms with E-state index in [1.165, 1.54) is 24.3 Å². The standard InChI is InChI=1S/C12H12F3NO4/c1-20-10(18)9(16-11(19)12(13,14)15)6-7-2-4-8(17)5-3-7/h2-5,9,17H,6H2,1H3,(H,16,19). The van der Waals surface area contributed by atoms with E-state index in [1.807, 2.05) is 0 Å². The van der Waals surface area contributed by atoms with Gasteiger partial charge in [-0.25, -0.2) is 4.79 Å². The van der Waals surface area contributed by atoms with Crippen LogP contribution in [0.25, 0.3) is 0 Å². The minimum absolute atomic E-state index is 0.0253. The van der Waals surface area contributed by atoms with Crippen LogP contribution in [0.4, 0.5) is 13.2 Å². The summed E-state index contributed by atoms with van der Waals surface area (Å²) in [4.78, 5) is 22.2. The van der Waals surface area contributed by atoms with Crippen LogP contribution in [0.3, 0.4) is 0 Å². The van der Waals surface area contributed by atoms with Crippen LogP contribution in [0, 0.1) is 0 Å². The van der Waals surface area contributed by atoms with Crippen LogP contribution < -0.4 is 5.32 Å². The Morgan fingerprint density at radius 2 is 1.85 bits per heavy atom. The Labute approximate surface area is 112 Å². The van der Waals surface area contributed by atoms with E-state index in [2.05, 4.69) is 4.74 Å². The monoisotopic (exact) mass is 291 g/mol. The minimum Gasteiger partial charge on any atom is -0.508 e. The number of carbonyl (C=O) groups excluding carboxylic acids is 2. The molecule has 0 saturated carbocycles. The van der Waals surface area contributed by atoms with Crippen LogP contribution in [0.1, 0.15) is 5.56 Å². The van der Waals surface area contributed by atoms with E-state index in [1.54, 1.807) is 5.32 Å². The number of aromatic hydroxyl groups is 1. The zero-order chi connectivity index (χ0) is 15.3. The van der Waals surface area contributed by atoms with E-state index in [0.29, 0.717) is 5.56 Å². The van der Waals surface area contributed by atoms with Crippen molar-refractivity contribution in [3.63, 3.8) is 0 Å². The van der Waals surface area contributed by atoms with Gasteiger partial charge in [-0.15, -0.1) is 0 Å². The molecule has 0 aliphatic rings. The number of amides is 1. The second-order valence-electron chi connectivity index (χ2n) is 3.92. The molecule has 1 atom stereocenters. The molecule has 0 bridgehead atoms. The second kappa shape index (κ2) is 6.27. The molecule has 1 rings (SSSR count). The fraction of sp³-hybridized carbons (Fsp3) is 0.333. The number of rotatable bonds is 4. The number of ether oxygens (including phenoxy) is 1. The molecular formula is C12H12F3NO4. The molecule has 2 N–H and O–H groups in total. The quantitative estimate of drug-likeness (QED) is 0.816. The topological polar surface area (TPSA) is 75.6 Å². The normalized spacial score (nSPS) is 12.6. The minimum atomic E-state index is -5.08. The molecule has 0 fully saturated rings. The van der Waals surface area contributed by atoms with Gasteiger partial charge >= 0.3 is 18.1 Å². The lowest BCUT2D eigenvalue weighted by atomic mass is 10.1. The molecule has 0 saturated heterocycles. The van der Waals surface area contributed by atoms with Gasteiger partial charge in [-0.2, -0.15) is 13.2 Å². The Morgan fingerprint density at radius 3 is 2.30 bits per heavy atom. The fourth-order valence-electron chi connectivity index (χ4n) is 1.44. The first-order chi connectivity index (χ1) is 9.24. The Kier molecular flexibility index (Phi) is 4.95. The number of phenolic OH excluding ortho intramolecular Hbond substituents is 1. The van der Waals surface area contributed by atoms with E-state index in [4.69, 9.17) is 5.11 Å². The van der Waals surface area contributed by atoms with Gasteiger partial charge in [0.2, 0.25) is 0 Å². The lowest BCUT2D eigenvalue weighted by Gasteiger charge is -2.17. The smallest absolute Gasteiger partial charge is 0.471 e. The average Bonchev–Trinajstić information content (AvgIpc) is 2.38. The molecule has 1 amide bonds. The highest BCUT2D eigenvalue weighted by molar-refractivity contribution is 5.87. The third kappa shape index (κ3) is 4.45. The van der Waals surface area contributed by atoms with Crippen LogP contribution in [0.5, 0.6) is 5.75 Å². The van der Waals surface area contributed by atoms with Crippen molar-refractivity contribution in [3.05, 3.63) is 29.8 Å². The van der Waals surface area contributed by atoms with Gasteiger partial charge in [-0.3, -0.25) is 4.79 Å². The van der Waals surface area contributed by atoms with Crippen LogP contribution >= 0.6 is 0 Å². The van der Waals surface area contributed by atoms with Crippen molar-refractivity contribution in [2.24, 2.45) is 0 Å². The fourth-order valence-corrected chi connectivity index (χ4v) is 1.44. The van der Waals surface area contributed by atoms with Crippen molar-refractivity contribution in [1.29, 1.82) is 0 Å². The van der Waals surface area contributed by atoms with Gasteiger partial charge in [0.15, 0.2) is 0 Å². The molecule has 0 aliphatic carbocycles. The summed E-state index contributed by atoms with van der Waals surface area (Å²) in [6.45, 7) is 0. The van der Waals surface area contributed by atoms with E-state index < -0.39 is 24.1 Å². The summed E-state index contributed by atoms with van der Waals surface area (Å²) in [5, 5.41) is 10.7. The number of nitrogens with one attached hydrogen (secondary N) is 1. The summed E-state index contributed by atoms with van der Waals surface area (Å²) in [5.41, 5.74) is 0.459. The third-order valence-electron chi connectivity index (χ3n) is 2.42. The maximum Gasteiger partial charge on any atom is 0.471 e. The molecular weight excluding hydrogens is 279 g/mol. The Bertz CT molecular complexity index is 484. The van der Waals surface area contributed by atoms with Crippen LogP contribution in [0.2, 0.25) is 0 Å². The first kappa shape index (κ1) is 15.8. The summed E-state index contributed by atoms with van der Waals surface area (Å²) in [7, 11) is 1.01. The first-order valence-corrected chi connectivity index (χ1v) is 5.47. The maximum atomic E-state index is 12.2. The summed E-state index contributed by atoms with van der Waals surface area (Å²) >= 11 is 0. The number of esters is 1. The second-order valence-corrected chi connectivity index (χ2v) is 3.92. The van der Waals surface area contributed by atoms with Crippen molar-refractivity contribution in [2.75, 3.05) is 7.11 Å². The molecule has 110 valence electrons. The summed E-state index contributed by atoms with van der Waals surface area (Å²) < 4.78 is 40.9. The molecule has 1 aromatic carbocycles. The molecule has 0 spiro atoms. The summed E-state index contributed by atoms with van der Waals surface area (Å²) in [6.07, 6.45) is -5.27. The van der Waals surface area contributed by atoms with Gasteiger partial charge in [0.05, 0.1) is 7.11 Å². The van der Waals surface area contributed by atoms with Gasteiger partial charge in [-0.05, 0) is 17.7 Å². The van der Waals surface area contributed by atoms with Crippen LogP contribution in [-0.4, -0.2) is 36.3 Å². The highest BCUT2D eigenvalue weighted by atomic mass is 19.4. The number of methoxy groups -OCH3 is 1. The molecule has 20 heavy (non-hydrogen) atoms. The number of hydrogen-bond acceptors (Lipinski definition) is 4. The Balaban J connectivity index is 2.82. The van der Waals surface area contributed by atoms with Crippen molar-refractivity contribution >= 4 is 11.9 Å². The number of halogens is 3. The summed E-state index contributed by atoms with van der Waals surface area (Å²) in [6, 6.07) is 4.01. The van der Waals surface area contributed by atoms with Crippen molar-refractivity contribution < 1.29 is 32.6 Å². The first-order valence-electron chi connectivity index (χ1n) is 5.47. The van der Waals surface area contributed by atoms with Crippen molar-refractivity contribution in [1.82, 2.24) is 5.32 Å². The molecule has 5 nitrogen and oxygen atoms in total. The number of benzene rings is 1. The zero-order valence-corrected chi connectivity index (χ0v) is 10.4. The number of carbonyl (C=O) groups is 2. The van der Waals surface area contributed by atoms with E-state index >= 15 is 0 Å². The molecule has 0 heterocycles. The summed E-state index contributed by atoms with van der Waals surface area (Å²) in [5.74, 6) is -3.23. The van der Waals surface area contributed by atoms with Gasteiger partial charge in [0.1, 0.15) is 11.8 Å². The van der Waals surface area contributed by atoms with E-state index in [0.717, 1.165) is 7.11 Å². The zero-order valence-electron chi connectivity index (χ0n) is 10.4. The van der Waals surface area contributed by atoms with Gasteiger partial charge in [-0.1, -0.05) is 12.1 Å². The van der Waals surface area contributed by atoms with Gasteiger partial charge in [0, 0.05) is 6.42 Å². The molecule has 1 unspecified atom stereocenters.